The monoisotopic (exact) mass is 302 g/mol. The van der Waals surface area contributed by atoms with Crippen molar-refractivity contribution in [3.05, 3.63) is 34.4 Å². The molecule has 0 aliphatic heterocycles. The van der Waals surface area contributed by atoms with E-state index in [4.69, 9.17) is 10.2 Å². The molecular formula is C18H22O4. The highest BCUT2D eigenvalue weighted by atomic mass is 16.4. The van der Waals surface area contributed by atoms with Crippen molar-refractivity contribution in [2.45, 2.75) is 57.8 Å². The molecule has 2 fully saturated rings. The maximum absolute atomic E-state index is 10.7. The summed E-state index contributed by atoms with van der Waals surface area (Å²) < 4.78 is 0. The molecule has 0 bridgehead atoms. The van der Waals surface area contributed by atoms with E-state index in [9.17, 15) is 9.59 Å². The number of rotatable bonds is 2. The van der Waals surface area contributed by atoms with Crippen LogP contribution >= 0.6 is 0 Å². The van der Waals surface area contributed by atoms with Crippen LogP contribution in [0.4, 0.5) is 0 Å². The molecule has 4 heteroatoms. The first-order chi connectivity index (χ1) is 10.5. The van der Waals surface area contributed by atoms with Gasteiger partial charge in [-0.25, -0.2) is 9.59 Å². The molecule has 0 unspecified atom stereocenters. The minimum Gasteiger partial charge on any atom is -0.478 e. The third-order valence-electron chi connectivity index (χ3n) is 5.39. The van der Waals surface area contributed by atoms with Gasteiger partial charge in [0.15, 0.2) is 0 Å². The highest BCUT2D eigenvalue weighted by Gasteiger charge is 2.42. The van der Waals surface area contributed by atoms with Crippen molar-refractivity contribution in [2.24, 2.45) is 5.41 Å². The smallest absolute Gasteiger partial charge is 0.335 e. The summed E-state index contributed by atoms with van der Waals surface area (Å²) in [5, 5.41) is 17.6. The van der Waals surface area contributed by atoms with E-state index in [1.807, 2.05) is 0 Å². The number of aromatic carboxylic acids is 2. The molecule has 0 aromatic heterocycles. The number of carboxylic acid groups (broad SMARTS) is 2. The number of carboxylic acids is 2. The fourth-order valence-corrected chi connectivity index (χ4v) is 3.72. The van der Waals surface area contributed by atoms with Gasteiger partial charge in [0.1, 0.15) is 0 Å². The molecule has 3 aliphatic carbocycles. The second-order valence-corrected chi connectivity index (χ2v) is 6.79. The maximum Gasteiger partial charge on any atom is 0.335 e. The van der Waals surface area contributed by atoms with Crippen LogP contribution in [0.25, 0.3) is 0 Å². The maximum atomic E-state index is 10.7. The number of hydrogen-bond donors (Lipinski definition) is 2. The molecule has 2 N–H and O–H groups in total. The molecule has 1 aromatic rings. The largest absolute Gasteiger partial charge is 0.478 e. The van der Waals surface area contributed by atoms with Crippen molar-refractivity contribution in [1.29, 1.82) is 0 Å². The minimum atomic E-state index is -0.988. The van der Waals surface area contributed by atoms with E-state index in [2.05, 4.69) is 0 Å². The number of carbonyl (C=O) groups is 2. The molecule has 0 radical (unpaired) electrons. The van der Waals surface area contributed by atoms with E-state index in [0.717, 1.165) is 5.41 Å². The van der Waals surface area contributed by atoms with Gasteiger partial charge in [0.25, 0.3) is 0 Å². The van der Waals surface area contributed by atoms with Crippen molar-refractivity contribution in [3.8, 4) is 0 Å². The van der Waals surface area contributed by atoms with Crippen molar-refractivity contribution >= 4 is 11.9 Å². The van der Waals surface area contributed by atoms with E-state index in [0.29, 0.717) is 24.0 Å². The second-order valence-electron chi connectivity index (χ2n) is 6.79. The normalized spacial score (nSPS) is 20.2. The summed E-state index contributed by atoms with van der Waals surface area (Å²) in [7, 11) is 0. The summed E-state index contributed by atoms with van der Waals surface area (Å²) in [4.78, 5) is 21.5. The van der Waals surface area contributed by atoms with Gasteiger partial charge in [0.2, 0.25) is 0 Å². The van der Waals surface area contributed by atoms with Crippen molar-refractivity contribution < 1.29 is 19.8 Å². The van der Waals surface area contributed by atoms with Crippen LogP contribution in [0.15, 0.2) is 12.1 Å². The van der Waals surface area contributed by atoms with Gasteiger partial charge in [-0.05, 0) is 67.2 Å². The Morgan fingerprint density at radius 3 is 1.50 bits per heavy atom. The Kier molecular flexibility index (Phi) is 3.94. The summed E-state index contributed by atoms with van der Waals surface area (Å²) in [6.07, 6.45) is 12.2. The van der Waals surface area contributed by atoms with Crippen molar-refractivity contribution in [1.82, 2.24) is 0 Å². The van der Waals surface area contributed by atoms with Gasteiger partial charge in [-0.2, -0.15) is 0 Å². The molecule has 3 aliphatic rings. The lowest BCUT2D eigenvalue weighted by molar-refractivity contribution is 0.0677. The Morgan fingerprint density at radius 2 is 1.23 bits per heavy atom. The molecule has 1 aromatic carbocycles. The van der Waals surface area contributed by atoms with Gasteiger partial charge in [-0.15, -0.1) is 0 Å². The predicted octanol–water partition coefficient (Wildman–Crippen LogP) is 3.91. The van der Waals surface area contributed by atoms with Crippen LogP contribution in [-0.2, 0) is 12.8 Å². The molecule has 4 rings (SSSR count). The number of fused-ring (bicyclic) bond motifs is 1. The molecule has 0 saturated heterocycles. The standard InChI is InChI=1S/C10H8O4.C8H14/c11-9(12)7-3-4-8(10(13)14)6-2-1-5(6)7;1-2-4-8(5-3-1)6-7-8/h3-4H,1-2H2,(H,11,12)(H,13,14);1-7H2. The molecular weight excluding hydrogens is 280 g/mol. The average Bonchev–Trinajstić information content (AvgIpc) is 3.19. The van der Waals surface area contributed by atoms with E-state index < -0.39 is 11.9 Å². The topological polar surface area (TPSA) is 74.6 Å². The van der Waals surface area contributed by atoms with E-state index in [1.54, 1.807) is 25.7 Å². The van der Waals surface area contributed by atoms with E-state index >= 15 is 0 Å². The number of hydrogen-bond acceptors (Lipinski definition) is 2. The Morgan fingerprint density at radius 1 is 0.773 bits per heavy atom. The summed E-state index contributed by atoms with van der Waals surface area (Å²) in [6, 6.07) is 2.73. The molecule has 2 saturated carbocycles. The second kappa shape index (κ2) is 5.75. The van der Waals surface area contributed by atoms with Crippen LogP contribution in [0, 0.1) is 5.41 Å². The zero-order valence-electron chi connectivity index (χ0n) is 12.7. The zero-order valence-corrected chi connectivity index (χ0v) is 12.7. The lowest BCUT2D eigenvalue weighted by Gasteiger charge is -2.22. The fourth-order valence-electron chi connectivity index (χ4n) is 3.72. The first kappa shape index (κ1) is 15.1. The van der Waals surface area contributed by atoms with Gasteiger partial charge in [0, 0.05) is 0 Å². The van der Waals surface area contributed by atoms with Gasteiger partial charge < -0.3 is 10.2 Å². The minimum absolute atomic E-state index is 0.233. The quantitative estimate of drug-likeness (QED) is 0.868. The van der Waals surface area contributed by atoms with Gasteiger partial charge >= 0.3 is 11.9 Å². The Bertz CT molecular complexity index is 565. The summed E-state index contributed by atoms with van der Waals surface area (Å²) in [6.45, 7) is 0. The van der Waals surface area contributed by atoms with E-state index in [1.165, 1.54) is 31.4 Å². The molecule has 0 amide bonds. The molecule has 118 valence electrons. The van der Waals surface area contributed by atoms with Gasteiger partial charge in [-0.3, -0.25) is 0 Å². The third-order valence-corrected chi connectivity index (χ3v) is 5.39. The van der Waals surface area contributed by atoms with Crippen LogP contribution in [0.5, 0.6) is 0 Å². The van der Waals surface area contributed by atoms with Crippen LogP contribution < -0.4 is 0 Å². The molecule has 0 heterocycles. The highest BCUT2D eigenvalue weighted by molar-refractivity contribution is 5.95. The average molecular weight is 302 g/mol. The van der Waals surface area contributed by atoms with Crippen LogP contribution in [-0.4, -0.2) is 22.2 Å². The van der Waals surface area contributed by atoms with Crippen molar-refractivity contribution in [2.75, 3.05) is 0 Å². The van der Waals surface area contributed by atoms with Crippen LogP contribution in [0.1, 0.15) is 76.8 Å². The summed E-state index contributed by atoms with van der Waals surface area (Å²) in [5.74, 6) is -1.98. The first-order valence-corrected chi connectivity index (χ1v) is 8.14. The Balaban J connectivity index is 0.000000151. The summed E-state index contributed by atoms with van der Waals surface area (Å²) >= 11 is 0. The lowest BCUT2D eigenvalue weighted by atomic mass is 9.81. The third kappa shape index (κ3) is 2.87. The lowest BCUT2D eigenvalue weighted by Crippen LogP contribution is -2.19. The summed E-state index contributed by atoms with van der Waals surface area (Å²) in [5.41, 5.74) is 2.75. The Labute approximate surface area is 130 Å². The SMILES string of the molecule is C1CCC2(CC1)CC2.O=C(O)c1ccc(C(=O)O)c2c1CC2. The van der Waals surface area contributed by atoms with E-state index in [-0.39, 0.29) is 11.1 Å². The Hall–Kier alpha value is -1.84. The zero-order chi connectivity index (χ0) is 15.7. The highest BCUT2D eigenvalue weighted by Crippen LogP contribution is 2.55. The molecule has 1 spiro atoms. The van der Waals surface area contributed by atoms with Crippen LogP contribution in [0.2, 0.25) is 0 Å². The number of benzene rings is 1. The predicted molar refractivity (Wildman–Crippen MR) is 82.5 cm³/mol. The molecule has 22 heavy (non-hydrogen) atoms. The molecule has 0 atom stereocenters. The van der Waals surface area contributed by atoms with Crippen molar-refractivity contribution in [3.63, 3.8) is 0 Å². The molecule has 4 nitrogen and oxygen atoms in total. The van der Waals surface area contributed by atoms with Crippen LogP contribution in [0.3, 0.4) is 0 Å². The van der Waals surface area contributed by atoms with Gasteiger partial charge in [-0.1, -0.05) is 19.3 Å². The first-order valence-electron chi connectivity index (χ1n) is 8.14. The van der Waals surface area contributed by atoms with Gasteiger partial charge in [0.05, 0.1) is 11.1 Å². The fraction of sp³-hybridized carbons (Fsp3) is 0.556.